The van der Waals surface area contributed by atoms with Crippen LogP contribution in [-0.2, 0) is 83.7 Å². The number of hydrogen-bond acceptors (Lipinski definition) is 15. The fourth-order valence-electron chi connectivity index (χ4n) is 4.51. The van der Waals surface area contributed by atoms with Gasteiger partial charge in [-0.3, -0.25) is 37.5 Å². The minimum Gasteiger partial charge on any atom is -0.460 e. The molecule has 0 spiro atoms. The predicted molar refractivity (Wildman–Crippen MR) is 170 cm³/mol. The molecule has 2 aromatic rings. The smallest absolute Gasteiger partial charge is 0.460 e. The first-order valence-electron chi connectivity index (χ1n) is 15.1. The van der Waals surface area contributed by atoms with E-state index in [4.69, 9.17) is 42.0 Å². The lowest BCUT2D eigenvalue weighted by Gasteiger charge is -2.38. The van der Waals surface area contributed by atoms with Crippen LogP contribution in [0.15, 0.2) is 60.7 Å². The molecule has 0 aliphatic heterocycles. The van der Waals surface area contributed by atoms with Gasteiger partial charge in [-0.15, -0.1) is 0 Å². The van der Waals surface area contributed by atoms with Gasteiger partial charge in [-0.1, -0.05) is 67.6 Å². The topological polar surface area (TPSA) is 185 Å². The highest BCUT2D eigenvalue weighted by molar-refractivity contribution is 7.48. The molecule has 16 heteroatoms. The van der Waals surface area contributed by atoms with Crippen LogP contribution in [0, 0.1) is 5.92 Å². The number of methoxy groups -OCH3 is 1. The fraction of sp³-hybridized carbons (Fsp3) is 0.485. The van der Waals surface area contributed by atoms with Gasteiger partial charge in [-0.05, 0) is 11.1 Å². The molecule has 0 aliphatic rings. The highest BCUT2D eigenvalue weighted by atomic mass is 31.2. The largest absolute Gasteiger partial charge is 0.475 e. The standard InChI is InChI=1S/C33H43O15P/c1-21(30(45-23(3)35)31(46-24(4)36)32(47-25(5)37)33(40-7)48-26(6)38)29(44-22(2)34)20-43-49(39,41-18-27-14-10-8-11-15-27)42-19-28-16-12-9-13-17-28/h8-17,21,29-33H,18-20H2,1-7H3/t21?,29-,30?,31?,32?,33?/m1/s1. The van der Waals surface area contributed by atoms with Gasteiger partial charge >= 0.3 is 37.7 Å². The normalized spacial score (nSPS) is 15.0. The lowest BCUT2D eigenvalue weighted by atomic mass is 9.90. The highest BCUT2D eigenvalue weighted by Gasteiger charge is 2.48. The van der Waals surface area contributed by atoms with Crippen LogP contribution in [0.2, 0.25) is 0 Å². The minimum absolute atomic E-state index is 0.163. The monoisotopic (exact) mass is 710 g/mol. The van der Waals surface area contributed by atoms with Gasteiger partial charge < -0.3 is 28.4 Å². The maximum atomic E-state index is 14.0. The second kappa shape index (κ2) is 20.4. The molecule has 0 amide bonds. The number of benzene rings is 2. The van der Waals surface area contributed by atoms with Gasteiger partial charge in [0.05, 0.1) is 19.8 Å². The quantitative estimate of drug-likeness (QED) is 0.0812. The molecule has 2 rings (SSSR count). The Hall–Kier alpha value is -4.14. The second-order valence-electron chi connectivity index (χ2n) is 10.7. The van der Waals surface area contributed by atoms with E-state index in [1.54, 1.807) is 60.7 Å². The van der Waals surface area contributed by atoms with Gasteiger partial charge in [0.15, 0.2) is 6.10 Å². The molecule has 49 heavy (non-hydrogen) atoms. The van der Waals surface area contributed by atoms with Crippen LogP contribution in [-0.4, -0.2) is 74.3 Å². The summed E-state index contributed by atoms with van der Waals surface area (Å²) in [7, 11) is -3.26. The third-order valence-corrected chi connectivity index (χ3v) is 7.98. The van der Waals surface area contributed by atoms with Crippen LogP contribution in [0.3, 0.4) is 0 Å². The van der Waals surface area contributed by atoms with E-state index in [1.807, 2.05) is 0 Å². The Labute approximate surface area is 285 Å². The lowest BCUT2D eigenvalue weighted by Crippen LogP contribution is -2.55. The molecular formula is C33H43O15P. The Morgan fingerprint density at radius 1 is 0.571 bits per heavy atom. The van der Waals surface area contributed by atoms with Crippen LogP contribution >= 0.6 is 7.82 Å². The lowest BCUT2D eigenvalue weighted by molar-refractivity contribution is -0.238. The van der Waals surface area contributed by atoms with E-state index < -0.39 is 80.9 Å². The van der Waals surface area contributed by atoms with Gasteiger partial charge in [0.2, 0.25) is 12.4 Å². The van der Waals surface area contributed by atoms with Gasteiger partial charge in [-0.2, -0.15) is 0 Å². The van der Waals surface area contributed by atoms with E-state index in [0.29, 0.717) is 11.1 Å². The molecule has 0 fully saturated rings. The summed E-state index contributed by atoms with van der Waals surface area (Å²) in [6.45, 7) is 5.79. The zero-order chi connectivity index (χ0) is 36.6. The van der Waals surface area contributed by atoms with Gasteiger partial charge in [-0.25, -0.2) is 4.57 Å². The number of carbonyl (C=O) groups is 5. The molecule has 0 aliphatic carbocycles. The van der Waals surface area contributed by atoms with Gasteiger partial charge in [0.25, 0.3) is 0 Å². The van der Waals surface area contributed by atoms with E-state index in [0.717, 1.165) is 41.7 Å². The number of phosphoric ester groups is 1. The summed E-state index contributed by atoms with van der Waals surface area (Å²) in [6.07, 6.45) is -7.96. The number of ether oxygens (including phenoxy) is 6. The number of esters is 5. The van der Waals surface area contributed by atoms with Crippen molar-refractivity contribution in [1.82, 2.24) is 0 Å². The Kier molecular flexibility index (Phi) is 17.1. The van der Waals surface area contributed by atoms with Crippen molar-refractivity contribution in [2.24, 2.45) is 5.92 Å². The first-order valence-corrected chi connectivity index (χ1v) is 16.6. The summed E-state index contributed by atoms with van der Waals surface area (Å²) in [4.78, 5) is 61.1. The molecule has 0 aromatic heterocycles. The summed E-state index contributed by atoms with van der Waals surface area (Å²) in [6, 6.07) is 17.6. The number of rotatable bonds is 20. The van der Waals surface area contributed by atoms with E-state index in [2.05, 4.69) is 0 Å². The average molecular weight is 711 g/mol. The van der Waals surface area contributed by atoms with Crippen molar-refractivity contribution >= 4 is 37.7 Å². The molecule has 2 aromatic carbocycles. The Bertz CT molecular complexity index is 1370. The molecule has 0 heterocycles. The summed E-state index contributed by atoms with van der Waals surface area (Å²) < 4.78 is 63.3. The van der Waals surface area contributed by atoms with Crippen LogP contribution in [0.1, 0.15) is 52.7 Å². The first-order chi connectivity index (χ1) is 23.1. The van der Waals surface area contributed by atoms with Crippen LogP contribution in [0.5, 0.6) is 0 Å². The molecule has 5 unspecified atom stereocenters. The summed E-state index contributed by atoms with van der Waals surface area (Å²) in [5.74, 6) is -5.46. The van der Waals surface area contributed by atoms with Gasteiger partial charge in [0, 0.05) is 47.6 Å². The van der Waals surface area contributed by atoms with Crippen molar-refractivity contribution in [1.29, 1.82) is 0 Å². The van der Waals surface area contributed by atoms with E-state index in [1.165, 1.54) is 6.92 Å². The molecule has 0 saturated heterocycles. The third-order valence-electron chi connectivity index (χ3n) is 6.62. The highest BCUT2D eigenvalue weighted by Crippen LogP contribution is 2.51. The zero-order valence-corrected chi connectivity index (χ0v) is 29.3. The molecule has 6 atom stereocenters. The minimum atomic E-state index is -4.40. The molecule has 0 N–H and O–H groups in total. The summed E-state index contributed by atoms with van der Waals surface area (Å²) in [5.41, 5.74) is 1.33. The van der Waals surface area contributed by atoms with Crippen molar-refractivity contribution in [3.8, 4) is 0 Å². The van der Waals surface area contributed by atoms with Crippen LogP contribution in [0.25, 0.3) is 0 Å². The fourth-order valence-corrected chi connectivity index (χ4v) is 5.68. The van der Waals surface area contributed by atoms with Crippen molar-refractivity contribution in [2.45, 2.75) is 85.5 Å². The molecule has 0 radical (unpaired) electrons. The maximum absolute atomic E-state index is 14.0. The molecule has 0 bridgehead atoms. The Morgan fingerprint density at radius 2 is 0.980 bits per heavy atom. The van der Waals surface area contributed by atoms with E-state index in [9.17, 15) is 28.5 Å². The van der Waals surface area contributed by atoms with Crippen molar-refractivity contribution < 1.29 is 70.5 Å². The average Bonchev–Trinajstić information content (AvgIpc) is 3.04. The molecule has 270 valence electrons. The summed E-state index contributed by atoms with van der Waals surface area (Å²) in [5, 5.41) is 0. The van der Waals surface area contributed by atoms with E-state index in [-0.39, 0.29) is 13.2 Å². The summed E-state index contributed by atoms with van der Waals surface area (Å²) >= 11 is 0. The number of hydrogen-bond donors (Lipinski definition) is 0. The second-order valence-corrected chi connectivity index (χ2v) is 12.4. The number of carbonyl (C=O) groups excluding carboxylic acids is 5. The van der Waals surface area contributed by atoms with Gasteiger partial charge in [0.1, 0.15) is 12.2 Å². The first kappa shape index (κ1) is 41.0. The van der Waals surface area contributed by atoms with Crippen molar-refractivity contribution in [3.05, 3.63) is 71.8 Å². The molecule has 0 saturated carbocycles. The predicted octanol–water partition coefficient (Wildman–Crippen LogP) is 4.44. The zero-order valence-electron chi connectivity index (χ0n) is 28.4. The molecule has 15 nitrogen and oxygen atoms in total. The Morgan fingerprint density at radius 3 is 1.39 bits per heavy atom. The van der Waals surface area contributed by atoms with Crippen LogP contribution < -0.4 is 0 Å². The maximum Gasteiger partial charge on any atom is 0.475 e. The molecular weight excluding hydrogens is 667 g/mol. The van der Waals surface area contributed by atoms with Crippen LogP contribution in [0.4, 0.5) is 0 Å². The van der Waals surface area contributed by atoms with Crippen molar-refractivity contribution in [2.75, 3.05) is 13.7 Å². The Balaban J connectivity index is 2.51. The SMILES string of the molecule is COC(OC(C)=O)C(OC(C)=O)C(OC(C)=O)C(OC(C)=O)C(C)[C@@H](COP(=O)(OCc1ccccc1)OCc1ccccc1)OC(C)=O. The van der Waals surface area contributed by atoms with E-state index >= 15 is 0 Å². The van der Waals surface area contributed by atoms with Crippen molar-refractivity contribution in [3.63, 3.8) is 0 Å². The third kappa shape index (κ3) is 14.9. The number of phosphoric acid groups is 1.